The summed E-state index contributed by atoms with van der Waals surface area (Å²) in [7, 11) is 0. The van der Waals surface area contributed by atoms with E-state index in [1.165, 1.54) is 52.3 Å². The van der Waals surface area contributed by atoms with E-state index in [2.05, 4.69) is 146 Å². The van der Waals surface area contributed by atoms with Crippen molar-refractivity contribution in [1.29, 1.82) is 0 Å². The van der Waals surface area contributed by atoms with Crippen molar-refractivity contribution < 1.29 is 37.2 Å². The van der Waals surface area contributed by atoms with Crippen LogP contribution >= 0.6 is 0 Å². The zero-order chi connectivity index (χ0) is 48.2. The van der Waals surface area contributed by atoms with Crippen LogP contribution < -0.4 is 0 Å². The summed E-state index contributed by atoms with van der Waals surface area (Å²) in [5.41, 5.74) is 13.9. The van der Waals surface area contributed by atoms with E-state index in [1.54, 1.807) is 12.1 Å². The number of aryl methyl sites for hydroxylation is 2. The fraction of sp³-hybridized carbons (Fsp3) is 0.138. The maximum atomic E-state index is 7.28. The molecule has 0 bridgehead atoms. The van der Waals surface area contributed by atoms with E-state index in [0.717, 1.165) is 66.7 Å². The third-order valence-electron chi connectivity index (χ3n) is 11.5. The molecule has 0 aliphatic carbocycles. The minimum absolute atomic E-state index is 0. The van der Waals surface area contributed by atoms with E-state index in [0.29, 0.717) is 11.3 Å². The van der Waals surface area contributed by atoms with Crippen LogP contribution in [0.3, 0.4) is 0 Å². The van der Waals surface area contributed by atoms with Gasteiger partial charge in [0.15, 0.2) is 0 Å². The second-order valence-corrected chi connectivity index (χ2v) is 16.4. The molecular formula is C58H47IrN3O2-2. The number of pyridine rings is 1. The number of hydrogen-bond donors (Lipinski definition) is 0. The Kier molecular flexibility index (Phi) is 9.86. The summed E-state index contributed by atoms with van der Waals surface area (Å²) in [6, 6.07) is 58.4. The van der Waals surface area contributed by atoms with Gasteiger partial charge in [0.25, 0.3) is 0 Å². The standard InChI is InChI=1S/C45H35N2O2.C13H12N.Ir/c1-27(2)35-22-31(29-14-7-5-8-15-29)23-36(28(3)4)43(35)47-39-21-12-11-20-38(39)46-45(47)34-19-13-18-33-37-24-32-25-40(30-16-9-6-10-17-30)48-41(32)26-42(37)49-44(33)34;1-10-3-6-12(7-4-10)13-8-5-11(2)9-14-13;/h5-18,20-28H,1-4H3;3-6,8-9H,1-2H3;/q2*-1;/i;1D3,2D3;. The van der Waals surface area contributed by atoms with E-state index in [9.17, 15) is 0 Å². The van der Waals surface area contributed by atoms with Gasteiger partial charge in [0.1, 0.15) is 16.9 Å². The maximum Gasteiger partial charge on any atom is 0.138 e. The van der Waals surface area contributed by atoms with Gasteiger partial charge in [-0.25, -0.2) is 0 Å². The van der Waals surface area contributed by atoms with Crippen LogP contribution in [-0.2, 0) is 20.1 Å². The molecule has 11 rings (SSSR count). The molecule has 11 aromatic rings. The number of para-hydroxylation sites is 2. The first-order chi connectivity index (χ1) is 33.1. The maximum absolute atomic E-state index is 7.28. The minimum atomic E-state index is -2.18. The van der Waals surface area contributed by atoms with Crippen LogP contribution in [0.4, 0.5) is 0 Å². The van der Waals surface area contributed by atoms with Crippen LogP contribution in [0.2, 0.25) is 0 Å². The molecule has 317 valence electrons. The molecule has 0 saturated carbocycles. The predicted molar refractivity (Wildman–Crippen MR) is 259 cm³/mol. The van der Waals surface area contributed by atoms with Gasteiger partial charge >= 0.3 is 0 Å². The Morgan fingerprint density at radius 1 is 0.625 bits per heavy atom. The summed E-state index contributed by atoms with van der Waals surface area (Å²) in [6.45, 7) is 4.78. The number of nitrogens with zero attached hydrogens (tertiary/aromatic N) is 3. The number of furan rings is 2. The smallest absolute Gasteiger partial charge is 0.138 e. The molecule has 0 amide bonds. The van der Waals surface area contributed by atoms with Crippen LogP contribution in [0, 0.1) is 25.8 Å². The third-order valence-corrected chi connectivity index (χ3v) is 11.5. The van der Waals surface area contributed by atoms with Crippen molar-refractivity contribution in [2.75, 3.05) is 0 Å². The zero-order valence-electron chi connectivity index (χ0n) is 41.7. The third kappa shape index (κ3) is 8.00. The molecular weight excluding hydrogens is 963 g/mol. The summed E-state index contributed by atoms with van der Waals surface area (Å²) in [6.07, 6.45) is 1.30. The first kappa shape index (κ1) is 35.6. The molecule has 6 heteroatoms. The van der Waals surface area contributed by atoms with Gasteiger partial charge in [-0.2, -0.15) is 0 Å². The Labute approximate surface area is 396 Å². The average Bonchev–Trinajstić information content (AvgIpc) is 4.06. The molecule has 0 aliphatic heterocycles. The van der Waals surface area contributed by atoms with Crippen molar-refractivity contribution in [3.8, 4) is 50.8 Å². The summed E-state index contributed by atoms with van der Waals surface area (Å²) >= 11 is 0. The molecule has 0 saturated heterocycles. The predicted octanol–water partition coefficient (Wildman–Crippen LogP) is 15.9. The summed E-state index contributed by atoms with van der Waals surface area (Å²) in [4.78, 5) is 9.38. The Bertz CT molecular complexity index is 3550. The topological polar surface area (TPSA) is 57.0 Å². The van der Waals surface area contributed by atoms with Gasteiger partial charge in [0.2, 0.25) is 0 Å². The van der Waals surface area contributed by atoms with Crippen molar-refractivity contribution >= 4 is 43.9 Å². The van der Waals surface area contributed by atoms with Crippen LogP contribution in [-0.4, -0.2) is 14.5 Å². The fourth-order valence-corrected chi connectivity index (χ4v) is 8.36. The Hall–Kier alpha value is -6.85. The molecule has 5 nitrogen and oxygen atoms in total. The molecule has 1 radical (unpaired) electrons. The Morgan fingerprint density at radius 2 is 1.33 bits per heavy atom. The summed E-state index contributed by atoms with van der Waals surface area (Å²) < 4.78 is 59.0. The molecule has 7 aromatic carbocycles. The number of rotatable bonds is 7. The number of fused-ring (bicyclic) bond motifs is 5. The van der Waals surface area contributed by atoms with Crippen LogP contribution in [0.15, 0.2) is 173 Å². The van der Waals surface area contributed by atoms with E-state index in [4.69, 9.17) is 22.0 Å². The van der Waals surface area contributed by atoms with Crippen molar-refractivity contribution in [3.63, 3.8) is 0 Å². The normalized spacial score (nSPS) is 13.2. The van der Waals surface area contributed by atoms with Gasteiger partial charge < -0.3 is 18.4 Å². The first-order valence-electron chi connectivity index (χ1n) is 24.2. The first-order valence-corrected chi connectivity index (χ1v) is 21.2. The molecule has 0 atom stereocenters. The quantitative estimate of drug-likeness (QED) is 0.149. The molecule has 0 aliphatic rings. The monoisotopic (exact) mass is 1020 g/mol. The van der Waals surface area contributed by atoms with Gasteiger partial charge in [0.05, 0.1) is 22.4 Å². The molecule has 4 heterocycles. The van der Waals surface area contributed by atoms with Crippen molar-refractivity contribution in [2.45, 2.75) is 53.2 Å². The molecule has 0 N–H and O–H groups in total. The minimum Gasteiger partial charge on any atom is -0.500 e. The number of benzene rings is 7. The van der Waals surface area contributed by atoms with Crippen molar-refractivity contribution in [2.24, 2.45) is 0 Å². The van der Waals surface area contributed by atoms with Gasteiger partial charge in [0, 0.05) is 62.6 Å². The molecule has 0 unspecified atom stereocenters. The molecule has 64 heavy (non-hydrogen) atoms. The average molecular weight is 1020 g/mol. The second kappa shape index (κ2) is 17.7. The van der Waals surface area contributed by atoms with Crippen molar-refractivity contribution in [1.82, 2.24) is 14.5 Å². The van der Waals surface area contributed by atoms with E-state index in [1.807, 2.05) is 30.3 Å². The largest absolute Gasteiger partial charge is 0.500 e. The van der Waals surface area contributed by atoms with Gasteiger partial charge in [-0.3, -0.25) is 4.98 Å². The number of hydrogen-bond acceptors (Lipinski definition) is 4. The van der Waals surface area contributed by atoms with Crippen LogP contribution in [0.5, 0.6) is 0 Å². The van der Waals surface area contributed by atoms with Gasteiger partial charge in [-0.05, 0) is 88.6 Å². The Morgan fingerprint density at radius 3 is 2.00 bits per heavy atom. The number of imidazole rings is 1. The zero-order valence-corrected chi connectivity index (χ0v) is 38.1. The molecule has 0 fully saturated rings. The summed E-state index contributed by atoms with van der Waals surface area (Å²) in [5.74, 6) is 2.20. The van der Waals surface area contributed by atoms with E-state index >= 15 is 0 Å². The van der Waals surface area contributed by atoms with Gasteiger partial charge in [-0.1, -0.05) is 130 Å². The van der Waals surface area contributed by atoms with Crippen molar-refractivity contribution in [3.05, 3.63) is 198 Å². The SMILES string of the molecule is CC(C)c1cc(-c2ccccc2)cc(C(C)C)c1-n1c(-c2[c-]ccc3c2oc2cc4oc(-c5ccccc5)cc4cc23)nc2ccccc21.[2H]C([2H])([2H])c1c[c-]c(-c2ccc(C([2H])([2H])[2H])cn2)cc1.[Ir]. The Balaban J connectivity index is 0.000000244. The van der Waals surface area contributed by atoms with Crippen LogP contribution in [0.25, 0.3) is 94.7 Å². The van der Waals surface area contributed by atoms with E-state index in [-0.39, 0.29) is 43.1 Å². The van der Waals surface area contributed by atoms with E-state index < -0.39 is 13.7 Å². The summed E-state index contributed by atoms with van der Waals surface area (Å²) in [5, 5.41) is 3.11. The fourth-order valence-electron chi connectivity index (χ4n) is 8.36. The second-order valence-electron chi connectivity index (χ2n) is 16.4. The number of aromatic nitrogens is 3. The molecule has 0 spiro atoms. The molecule has 4 aromatic heterocycles. The van der Waals surface area contributed by atoms with Gasteiger partial charge in [-0.15, -0.1) is 53.6 Å². The van der Waals surface area contributed by atoms with Crippen LogP contribution in [0.1, 0.15) is 70.0 Å².